The highest BCUT2D eigenvalue weighted by Crippen LogP contribution is 2.23. The van der Waals surface area contributed by atoms with E-state index in [9.17, 15) is 4.79 Å². The van der Waals surface area contributed by atoms with Gasteiger partial charge in [0.1, 0.15) is 5.82 Å². The molecule has 0 saturated heterocycles. The van der Waals surface area contributed by atoms with Crippen LogP contribution in [-0.4, -0.2) is 33.9 Å². The van der Waals surface area contributed by atoms with Gasteiger partial charge in [-0.25, -0.2) is 9.97 Å². The van der Waals surface area contributed by atoms with Gasteiger partial charge in [-0.15, -0.1) is 0 Å². The number of nitrogens with zero attached hydrogens (tertiary/aromatic N) is 2. The van der Waals surface area contributed by atoms with E-state index in [0.29, 0.717) is 12.4 Å². The van der Waals surface area contributed by atoms with Gasteiger partial charge in [-0.05, 0) is 48.6 Å². The van der Waals surface area contributed by atoms with Gasteiger partial charge in [0.2, 0.25) is 5.82 Å². The Hall–Kier alpha value is -2.60. The number of aromatic nitrogens is 2. The fraction of sp³-hybridized carbons (Fsp3) is 0.286. The van der Waals surface area contributed by atoms with Gasteiger partial charge in [-0.3, -0.25) is 4.79 Å². The summed E-state index contributed by atoms with van der Waals surface area (Å²) in [7, 11) is 0. The molecule has 0 saturated carbocycles. The van der Waals surface area contributed by atoms with Crippen molar-refractivity contribution in [3.63, 3.8) is 0 Å². The summed E-state index contributed by atoms with van der Waals surface area (Å²) in [5, 5.41) is 7.11. The molecule has 140 valence electrons. The molecule has 0 fully saturated rings. The predicted octanol–water partition coefficient (Wildman–Crippen LogP) is 4.64. The molecule has 0 radical (unpaired) electrons. The molecule has 1 heterocycles. The Morgan fingerprint density at radius 1 is 1.00 bits per heavy atom. The number of anilines is 2. The molecule has 2 N–H and O–H groups in total. The molecule has 0 spiro atoms. The van der Waals surface area contributed by atoms with Gasteiger partial charge in [0.25, 0.3) is 5.91 Å². The number of hydrogen-bond donors (Lipinski definition) is 2. The zero-order valence-electron chi connectivity index (χ0n) is 15.4. The third kappa shape index (κ3) is 5.44. The van der Waals surface area contributed by atoms with Crippen molar-refractivity contribution in [3.8, 4) is 0 Å². The third-order valence-corrected chi connectivity index (χ3v) is 5.22. The van der Waals surface area contributed by atoms with Crippen molar-refractivity contribution in [3.05, 3.63) is 60.4 Å². The third-order valence-electron chi connectivity index (χ3n) is 3.94. The van der Waals surface area contributed by atoms with Crippen LogP contribution in [0.15, 0.2) is 54.6 Å². The lowest BCUT2D eigenvalue weighted by atomic mass is 10.2. The van der Waals surface area contributed by atoms with E-state index < -0.39 is 0 Å². The fourth-order valence-electron chi connectivity index (χ4n) is 2.63. The molecule has 1 aromatic heterocycles. The first-order chi connectivity index (χ1) is 13.3. The number of benzene rings is 2. The number of amides is 1. The normalized spacial score (nSPS) is 10.7. The van der Waals surface area contributed by atoms with E-state index >= 15 is 0 Å². The number of carbonyl (C=O) groups excluding carboxylic acids is 1. The average molecular weight is 381 g/mol. The maximum absolute atomic E-state index is 12.5. The summed E-state index contributed by atoms with van der Waals surface area (Å²) >= 11 is 1.91. The standard InChI is InChI=1S/C21H24N4OS/c1-2-14-27-15-8-13-22-21(26)20-24-18-12-7-6-11-17(18)19(25-20)23-16-9-4-3-5-10-16/h3-7,9-12H,2,8,13-15H2,1H3,(H,22,26)(H,23,24,25). The molecule has 2 aromatic carbocycles. The summed E-state index contributed by atoms with van der Waals surface area (Å²) < 4.78 is 0. The predicted molar refractivity (Wildman–Crippen MR) is 114 cm³/mol. The monoisotopic (exact) mass is 380 g/mol. The van der Waals surface area contributed by atoms with E-state index in [0.717, 1.165) is 34.5 Å². The molecule has 27 heavy (non-hydrogen) atoms. The Morgan fingerprint density at radius 2 is 1.78 bits per heavy atom. The number of nitrogens with one attached hydrogen (secondary N) is 2. The number of rotatable bonds is 9. The average Bonchev–Trinajstić information content (AvgIpc) is 2.71. The Kier molecular flexibility index (Phi) is 7.04. The van der Waals surface area contributed by atoms with Gasteiger partial charge in [0, 0.05) is 17.6 Å². The first-order valence-corrected chi connectivity index (χ1v) is 10.4. The second kappa shape index (κ2) is 9.92. The Balaban J connectivity index is 1.74. The Labute approximate surface area is 164 Å². The Morgan fingerprint density at radius 3 is 2.59 bits per heavy atom. The van der Waals surface area contributed by atoms with Gasteiger partial charge < -0.3 is 10.6 Å². The highest BCUT2D eigenvalue weighted by molar-refractivity contribution is 7.99. The van der Waals surface area contributed by atoms with Gasteiger partial charge in [-0.1, -0.05) is 37.3 Å². The molecule has 0 atom stereocenters. The van der Waals surface area contributed by atoms with E-state index in [1.807, 2.05) is 66.4 Å². The molecule has 5 nitrogen and oxygen atoms in total. The second-order valence-corrected chi connectivity index (χ2v) is 7.35. The van der Waals surface area contributed by atoms with E-state index in [2.05, 4.69) is 27.5 Å². The highest BCUT2D eigenvalue weighted by Gasteiger charge is 2.13. The summed E-state index contributed by atoms with van der Waals surface area (Å²) in [6.45, 7) is 2.81. The largest absolute Gasteiger partial charge is 0.349 e. The van der Waals surface area contributed by atoms with E-state index in [4.69, 9.17) is 0 Å². The summed E-state index contributed by atoms with van der Waals surface area (Å²) in [6, 6.07) is 17.5. The number of para-hydroxylation sites is 2. The summed E-state index contributed by atoms with van der Waals surface area (Å²) in [6.07, 6.45) is 2.12. The lowest BCUT2D eigenvalue weighted by Gasteiger charge is -2.11. The van der Waals surface area contributed by atoms with Crippen LogP contribution in [-0.2, 0) is 0 Å². The van der Waals surface area contributed by atoms with Crippen LogP contribution in [0.25, 0.3) is 10.9 Å². The topological polar surface area (TPSA) is 66.9 Å². The van der Waals surface area contributed by atoms with Crippen LogP contribution >= 0.6 is 11.8 Å². The van der Waals surface area contributed by atoms with Gasteiger partial charge >= 0.3 is 0 Å². The number of hydrogen-bond acceptors (Lipinski definition) is 5. The van der Waals surface area contributed by atoms with Crippen LogP contribution < -0.4 is 10.6 Å². The van der Waals surface area contributed by atoms with Gasteiger partial charge in [0.05, 0.1) is 5.52 Å². The Bertz CT molecular complexity index is 886. The van der Waals surface area contributed by atoms with Gasteiger partial charge in [-0.2, -0.15) is 11.8 Å². The van der Waals surface area contributed by atoms with Crippen molar-refractivity contribution in [2.45, 2.75) is 19.8 Å². The molecular weight excluding hydrogens is 356 g/mol. The lowest BCUT2D eigenvalue weighted by molar-refractivity contribution is 0.0944. The summed E-state index contributed by atoms with van der Waals surface area (Å²) in [5.41, 5.74) is 1.66. The first kappa shape index (κ1) is 19.2. The van der Waals surface area contributed by atoms with Gasteiger partial charge in [0.15, 0.2) is 0 Å². The molecular formula is C21H24N4OS. The first-order valence-electron chi connectivity index (χ1n) is 9.22. The summed E-state index contributed by atoms with van der Waals surface area (Å²) in [5.74, 6) is 2.80. The molecule has 1 amide bonds. The number of carbonyl (C=O) groups is 1. The minimum Gasteiger partial charge on any atom is -0.349 e. The second-order valence-electron chi connectivity index (χ2n) is 6.13. The van der Waals surface area contributed by atoms with Crippen LogP contribution in [0.3, 0.4) is 0 Å². The van der Waals surface area contributed by atoms with Crippen molar-refractivity contribution < 1.29 is 4.79 Å². The highest BCUT2D eigenvalue weighted by atomic mass is 32.2. The molecule has 0 aliphatic heterocycles. The van der Waals surface area contributed by atoms with Crippen LogP contribution in [0.2, 0.25) is 0 Å². The van der Waals surface area contributed by atoms with E-state index in [1.165, 1.54) is 6.42 Å². The maximum atomic E-state index is 12.5. The lowest BCUT2D eigenvalue weighted by Crippen LogP contribution is -2.27. The molecule has 3 aromatic rings. The van der Waals surface area contributed by atoms with Crippen molar-refractivity contribution in [1.82, 2.24) is 15.3 Å². The van der Waals surface area contributed by atoms with Crippen LogP contribution in [0.5, 0.6) is 0 Å². The summed E-state index contributed by atoms with van der Waals surface area (Å²) in [4.78, 5) is 21.4. The minimum atomic E-state index is -0.239. The maximum Gasteiger partial charge on any atom is 0.289 e. The molecule has 0 aliphatic carbocycles. The quantitative estimate of drug-likeness (QED) is 0.530. The van der Waals surface area contributed by atoms with Crippen molar-refractivity contribution in [1.29, 1.82) is 0 Å². The smallest absolute Gasteiger partial charge is 0.289 e. The molecule has 6 heteroatoms. The van der Waals surface area contributed by atoms with Crippen molar-refractivity contribution >= 4 is 40.1 Å². The zero-order valence-corrected chi connectivity index (χ0v) is 16.3. The van der Waals surface area contributed by atoms with Crippen molar-refractivity contribution in [2.24, 2.45) is 0 Å². The van der Waals surface area contributed by atoms with Crippen LogP contribution in [0.1, 0.15) is 30.4 Å². The molecule has 0 aliphatic rings. The molecule has 3 rings (SSSR count). The minimum absolute atomic E-state index is 0.188. The van der Waals surface area contributed by atoms with Crippen molar-refractivity contribution in [2.75, 3.05) is 23.4 Å². The molecule has 0 unspecified atom stereocenters. The number of fused-ring (bicyclic) bond motifs is 1. The van der Waals surface area contributed by atoms with Crippen LogP contribution in [0, 0.1) is 0 Å². The number of thioether (sulfide) groups is 1. The van der Waals surface area contributed by atoms with E-state index in [1.54, 1.807) is 0 Å². The fourth-order valence-corrected chi connectivity index (χ4v) is 3.47. The SMILES string of the molecule is CCCSCCCNC(=O)c1nc(Nc2ccccc2)c2ccccc2n1. The zero-order chi connectivity index (χ0) is 18.9. The molecule has 0 bridgehead atoms. The van der Waals surface area contributed by atoms with Crippen LogP contribution in [0.4, 0.5) is 11.5 Å². The van der Waals surface area contributed by atoms with E-state index in [-0.39, 0.29) is 11.7 Å².